The summed E-state index contributed by atoms with van der Waals surface area (Å²) in [6.07, 6.45) is 6.04. The minimum Gasteiger partial charge on any atom is -0.481 e. The highest BCUT2D eigenvalue weighted by Gasteiger charge is 2.59. The highest BCUT2D eigenvalue weighted by Crippen LogP contribution is 2.52. The number of nitro benzene ring substituents is 1. The van der Waals surface area contributed by atoms with Crippen molar-refractivity contribution in [2.24, 2.45) is 28.8 Å². The molecule has 0 aromatic heterocycles. The molecule has 1 heterocycles. The number of nitrogens with zero attached hydrogens (tertiary/aromatic N) is 3. The molecule has 2 aromatic rings. The third kappa shape index (κ3) is 3.91. The van der Waals surface area contributed by atoms with E-state index in [0.717, 1.165) is 11.4 Å². The van der Waals surface area contributed by atoms with Gasteiger partial charge in [-0.25, -0.2) is 0 Å². The van der Waals surface area contributed by atoms with E-state index in [9.17, 15) is 19.7 Å². The number of allylic oxidation sites excluding steroid dienone is 2. The van der Waals surface area contributed by atoms with Gasteiger partial charge in [0.1, 0.15) is 6.61 Å². The molecule has 1 saturated heterocycles. The molecule has 0 N–H and O–H groups in total. The largest absolute Gasteiger partial charge is 0.481 e. The lowest BCUT2D eigenvalue weighted by atomic mass is 9.85. The Morgan fingerprint density at radius 3 is 2.44 bits per heavy atom. The fraction of sp³-hybridized carbons (Fsp3) is 0.261. The number of hydrogen-bond acceptors (Lipinski definition) is 6. The number of halogens is 3. The zero-order valence-electron chi connectivity index (χ0n) is 17.4. The molecule has 174 valence electrons. The summed E-state index contributed by atoms with van der Waals surface area (Å²) in [5.74, 6) is -1.42. The van der Waals surface area contributed by atoms with E-state index >= 15 is 0 Å². The standard InChI is InChI=1S/C23H16BrCl2N3O5/c24-15-6-14(9-27-28-22(30)19-11-1-2-12(5-11)20(19)23(28)31)21(18(7-15)29(32)33)34-10-13-3-4-16(25)8-17(13)26/h1-4,6-9,11-12,19-20H,5,10H2/t11-,12-,19-,20+/m0/s1. The lowest BCUT2D eigenvalue weighted by Gasteiger charge is -2.13. The van der Waals surface area contributed by atoms with Crippen molar-refractivity contribution in [3.63, 3.8) is 0 Å². The monoisotopic (exact) mass is 563 g/mol. The lowest BCUT2D eigenvalue weighted by Crippen LogP contribution is -2.28. The van der Waals surface area contributed by atoms with Crippen LogP contribution in [0.4, 0.5) is 5.69 Å². The number of ether oxygens (including phenoxy) is 1. The van der Waals surface area contributed by atoms with Crippen LogP contribution >= 0.6 is 39.1 Å². The highest BCUT2D eigenvalue weighted by atomic mass is 79.9. The predicted octanol–water partition coefficient (Wildman–Crippen LogP) is 5.38. The van der Waals surface area contributed by atoms with Crippen LogP contribution < -0.4 is 4.74 Å². The molecule has 2 aliphatic carbocycles. The predicted molar refractivity (Wildman–Crippen MR) is 129 cm³/mol. The van der Waals surface area contributed by atoms with Crippen LogP contribution in [0.3, 0.4) is 0 Å². The van der Waals surface area contributed by atoms with E-state index < -0.39 is 4.92 Å². The third-order valence-corrected chi connectivity index (χ3v) is 7.45. The maximum atomic E-state index is 12.9. The number of amides is 2. The minimum atomic E-state index is -0.583. The fourth-order valence-corrected chi connectivity index (χ4v) is 5.82. The number of carbonyl (C=O) groups is 2. The van der Waals surface area contributed by atoms with Gasteiger partial charge < -0.3 is 4.74 Å². The van der Waals surface area contributed by atoms with Crippen LogP contribution in [0.2, 0.25) is 10.0 Å². The number of carbonyl (C=O) groups excluding carboxylic acids is 2. The smallest absolute Gasteiger partial charge is 0.312 e. The van der Waals surface area contributed by atoms with Gasteiger partial charge >= 0.3 is 5.69 Å². The molecule has 2 amide bonds. The summed E-state index contributed by atoms with van der Waals surface area (Å²) in [4.78, 5) is 36.9. The van der Waals surface area contributed by atoms with Crippen molar-refractivity contribution in [3.05, 3.63) is 78.2 Å². The van der Waals surface area contributed by atoms with Crippen molar-refractivity contribution in [3.8, 4) is 5.75 Å². The number of benzene rings is 2. The van der Waals surface area contributed by atoms with E-state index in [1.807, 2.05) is 12.2 Å². The first-order valence-corrected chi connectivity index (χ1v) is 11.9. The van der Waals surface area contributed by atoms with Crippen molar-refractivity contribution < 1.29 is 19.2 Å². The third-order valence-electron chi connectivity index (χ3n) is 6.41. The molecule has 11 heteroatoms. The van der Waals surface area contributed by atoms with E-state index in [0.29, 0.717) is 20.1 Å². The molecule has 0 unspecified atom stereocenters. The van der Waals surface area contributed by atoms with Crippen LogP contribution in [-0.2, 0) is 16.2 Å². The maximum absolute atomic E-state index is 12.9. The number of hydrogen-bond donors (Lipinski definition) is 0. The van der Waals surface area contributed by atoms with Crippen molar-refractivity contribution in [2.75, 3.05) is 0 Å². The van der Waals surface area contributed by atoms with Crippen LogP contribution in [0.5, 0.6) is 5.75 Å². The van der Waals surface area contributed by atoms with Crippen molar-refractivity contribution in [2.45, 2.75) is 13.0 Å². The Balaban J connectivity index is 1.45. The molecule has 34 heavy (non-hydrogen) atoms. The van der Waals surface area contributed by atoms with Gasteiger partial charge in [0.05, 0.1) is 23.0 Å². The van der Waals surface area contributed by atoms with Gasteiger partial charge in [-0.15, -0.1) is 0 Å². The molecule has 1 saturated carbocycles. The molecule has 3 aliphatic rings. The van der Waals surface area contributed by atoms with Gasteiger partial charge in [0.25, 0.3) is 11.8 Å². The summed E-state index contributed by atoms with van der Waals surface area (Å²) < 4.78 is 6.21. The van der Waals surface area contributed by atoms with Gasteiger partial charge in [0.2, 0.25) is 5.75 Å². The van der Waals surface area contributed by atoms with Crippen molar-refractivity contribution in [1.82, 2.24) is 5.01 Å². The Morgan fingerprint density at radius 1 is 1.15 bits per heavy atom. The van der Waals surface area contributed by atoms with Crippen LogP contribution in [0, 0.1) is 33.8 Å². The first-order chi connectivity index (χ1) is 16.2. The molecule has 0 radical (unpaired) electrons. The quantitative estimate of drug-likeness (QED) is 0.154. The molecule has 5 rings (SSSR count). The molecule has 4 atom stereocenters. The average molecular weight is 565 g/mol. The van der Waals surface area contributed by atoms with Crippen molar-refractivity contribution >= 4 is 62.8 Å². The van der Waals surface area contributed by atoms with Gasteiger partial charge in [0, 0.05) is 31.7 Å². The van der Waals surface area contributed by atoms with E-state index in [-0.39, 0.29) is 59.1 Å². The summed E-state index contributed by atoms with van der Waals surface area (Å²) in [6, 6.07) is 7.70. The first-order valence-electron chi connectivity index (χ1n) is 10.4. The normalized spacial score (nSPS) is 25.0. The van der Waals surface area contributed by atoms with Crippen LogP contribution in [0.15, 0.2) is 52.1 Å². The van der Waals surface area contributed by atoms with Gasteiger partial charge in [-0.2, -0.15) is 10.1 Å². The zero-order valence-corrected chi connectivity index (χ0v) is 20.5. The zero-order chi connectivity index (χ0) is 24.1. The Kier molecular flexibility index (Phi) is 5.95. The minimum absolute atomic E-state index is 0.0571. The fourth-order valence-electron chi connectivity index (χ4n) is 4.90. The summed E-state index contributed by atoms with van der Waals surface area (Å²) in [7, 11) is 0. The second-order valence-corrected chi connectivity index (χ2v) is 10.1. The molecule has 2 aromatic carbocycles. The molecule has 1 aliphatic heterocycles. The number of hydrazone groups is 1. The Bertz CT molecular complexity index is 1270. The SMILES string of the molecule is O=C1[C@@H]2[C@H](C(=O)N1N=Cc1cc(Br)cc([N+](=O)[O-])c1OCc1ccc(Cl)cc1Cl)[C@H]1C=C[C@H]2C1. The second-order valence-electron chi connectivity index (χ2n) is 8.36. The number of fused-ring (bicyclic) bond motifs is 5. The van der Waals surface area contributed by atoms with Gasteiger partial charge in [0.15, 0.2) is 0 Å². The van der Waals surface area contributed by atoms with E-state index in [1.54, 1.807) is 24.3 Å². The molecule has 0 spiro atoms. The van der Waals surface area contributed by atoms with Crippen LogP contribution in [0.25, 0.3) is 0 Å². The Hall–Kier alpha value is -2.75. The summed E-state index contributed by atoms with van der Waals surface area (Å²) in [5.41, 5.74) is 0.496. The topological polar surface area (TPSA) is 102 Å². The second kappa shape index (κ2) is 8.79. The average Bonchev–Trinajstić information content (AvgIpc) is 3.46. The van der Waals surface area contributed by atoms with E-state index in [2.05, 4.69) is 21.0 Å². The number of nitro groups is 1. The first kappa shape index (κ1) is 23.0. The summed E-state index contributed by atoms with van der Waals surface area (Å²) >= 11 is 15.4. The summed E-state index contributed by atoms with van der Waals surface area (Å²) in [6.45, 7) is -0.0694. The number of rotatable bonds is 6. The Morgan fingerprint density at radius 2 is 1.82 bits per heavy atom. The molecule has 2 bridgehead atoms. The maximum Gasteiger partial charge on any atom is 0.312 e. The number of imide groups is 1. The highest BCUT2D eigenvalue weighted by molar-refractivity contribution is 9.10. The lowest BCUT2D eigenvalue weighted by molar-refractivity contribution is -0.386. The van der Waals surface area contributed by atoms with E-state index in [1.165, 1.54) is 12.3 Å². The van der Waals surface area contributed by atoms with Crippen LogP contribution in [-0.4, -0.2) is 28.0 Å². The Labute approximate surface area is 212 Å². The van der Waals surface area contributed by atoms with Crippen molar-refractivity contribution in [1.29, 1.82) is 0 Å². The van der Waals surface area contributed by atoms with E-state index in [4.69, 9.17) is 27.9 Å². The summed E-state index contributed by atoms with van der Waals surface area (Å²) in [5, 5.41) is 17.5. The van der Waals surface area contributed by atoms with Gasteiger partial charge in [-0.3, -0.25) is 19.7 Å². The molecular weight excluding hydrogens is 549 g/mol. The van der Waals surface area contributed by atoms with Gasteiger partial charge in [-0.1, -0.05) is 57.4 Å². The molecule has 2 fully saturated rings. The molecule has 8 nitrogen and oxygen atoms in total. The molecular formula is C23H16BrCl2N3O5. The van der Waals surface area contributed by atoms with Crippen LogP contribution in [0.1, 0.15) is 17.5 Å². The van der Waals surface area contributed by atoms with Gasteiger partial charge in [-0.05, 0) is 36.5 Å².